The summed E-state index contributed by atoms with van der Waals surface area (Å²) in [6.45, 7) is -0.229. The van der Waals surface area contributed by atoms with Crippen molar-refractivity contribution in [2.45, 2.75) is 25.9 Å². The van der Waals surface area contributed by atoms with E-state index in [0.717, 1.165) is 24.6 Å². The molecule has 0 fully saturated rings. The predicted molar refractivity (Wildman–Crippen MR) is 69.1 cm³/mol. The van der Waals surface area contributed by atoms with E-state index in [1.165, 1.54) is 15.6 Å². The first-order valence-corrected chi connectivity index (χ1v) is 6.30. The van der Waals surface area contributed by atoms with Gasteiger partial charge in [0.15, 0.2) is 5.82 Å². The standard InChI is InChI=1S/C13H12N4O2/c18-6-11-15-12-9-4-7-2-1-3-8(7)5-10(9)14-13(19)17(12)16-11/h4-5,18H,1-3,6H2,(H,15,16). The Labute approximate surface area is 107 Å². The molecule has 0 spiro atoms. The topological polar surface area (TPSA) is 83.3 Å². The fraction of sp³-hybridized carbons (Fsp3) is 0.308. The number of aliphatic hydroxyl groups is 1. The lowest BCUT2D eigenvalue weighted by molar-refractivity contribution is 0.271. The Morgan fingerprint density at radius 3 is 2.89 bits per heavy atom. The molecule has 19 heavy (non-hydrogen) atoms. The second kappa shape index (κ2) is 3.64. The predicted octanol–water partition coefficient (Wildman–Crippen LogP) is 0.552. The highest BCUT2D eigenvalue weighted by Gasteiger charge is 2.16. The SMILES string of the molecule is O=c1nc2cc3c(cc2c2[nH]c(CO)nn12)CCC3. The second-order valence-corrected chi connectivity index (χ2v) is 4.88. The van der Waals surface area contributed by atoms with Crippen molar-refractivity contribution in [3.63, 3.8) is 0 Å². The minimum atomic E-state index is -0.420. The van der Waals surface area contributed by atoms with Crippen LogP contribution in [0.25, 0.3) is 16.6 Å². The van der Waals surface area contributed by atoms with E-state index in [0.29, 0.717) is 17.0 Å². The minimum absolute atomic E-state index is 0.229. The molecular weight excluding hydrogens is 244 g/mol. The summed E-state index contributed by atoms with van der Waals surface area (Å²) in [5.41, 5.74) is 3.48. The number of H-pyrrole nitrogens is 1. The lowest BCUT2D eigenvalue weighted by Crippen LogP contribution is -2.17. The zero-order valence-corrected chi connectivity index (χ0v) is 10.2. The Hall–Kier alpha value is -2.21. The summed E-state index contributed by atoms with van der Waals surface area (Å²) in [6, 6.07) is 4.08. The van der Waals surface area contributed by atoms with Gasteiger partial charge < -0.3 is 10.1 Å². The molecule has 2 heterocycles. The third kappa shape index (κ3) is 1.43. The Bertz CT molecular complexity index is 862. The van der Waals surface area contributed by atoms with E-state index < -0.39 is 5.69 Å². The van der Waals surface area contributed by atoms with Crippen molar-refractivity contribution in [3.05, 3.63) is 39.6 Å². The average Bonchev–Trinajstić information content (AvgIpc) is 3.02. The van der Waals surface area contributed by atoms with Crippen LogP contribution < -0.4 is 5.69 Å². The summed E-state index contributed by atoms with van der Waals surface area (Å²) >= 11 is 0. The number of fused-ring (bicyclic) bond motifs is 4. The average molecular weight is 256 g/mol. The number of benzene rings is 1. The summed E-state index contributed by atoms with van der Waals surface area (Å²) < 4.78 is 1.22. The van der Waals surface area contributed by atoms with Crippen LogP contribution in [0.5, 0.6) is 0 Å². The van der Waals surface area contributed by atoms with Crippen molar-refractivity contribution in [3.8, 4) is 0 Å². The van der Waals surface area contributed by atoms with Crippen LogP contribution in [0.3, 0.4) is 0 Å². The van der Waals surface area contributed by atoms with Gasteiger partial charge in [0, 0.05) is 5.39 Å². The van der Waals surface area contributed by atoms with Crippen LogP contribution in [0, 0.1) is 0 Å². The number of hydrogen-bond acceptors (Lipinski definition) is 4. The molecule has 4 rings (SSSR count). The Morgan fingerprint density at radius 2 is 2.11 bits per heavy atom. The van der Waals surface area contributed by atoms with Crippen molar-refractivity contribution >= 4 is 16.6 Å². The van der Waals surface area contributed by atoms with Crippen LogP contribution in [0.2, 0.25) is 0 Å². The number of aliphatic hydroxyl groups excluding tert-OH is 1. The normalized spacial score (nSPS) is 14.4. The van der Waals surface area contributed by atoms with Gasteiger partial charge in [0.25, 0.3) is 0 Å². The van der Waals surface area contributed by atoms with Crippen molar-refractivity contribution in [2.75, 3.05) is 0 Å². The zero-order chi connectivity index (χ0) is 13.0. The molecule has 1 aliphatic rings. The summed E-state index contributed by atoms with van der Waals surface area (Å²) in [5, 5.41) is 14.0. The molecule has 2 N–H and O–H groups in total. The van der Waals surface area contributed by atoms with Crippen molar-refractivity contribution in [1.82, 2.24) is 19.6 Å². The van der Waals surface area contributed by atoms with E-state index >= 15 is 0 Å². The van der Waals surface area contributed by atoms with Crippen LogP contribution in [0.4, 0.5) is 0 Å². The molecule has 96 valence electrons. The fourth-order valence-corrected chi connectivity index (χ4v) is 2.82. The van der Waals surface area contributed by atoms with E-state index in [9.17, 15) is 4.79 Å². The Kier molecular flexibility index (Phi) is 2.05. The molecule has 0 unspecified atom stereocenters. The van der Waals surface area contributed by atoms with Gasteiger partial charge in [0.05, 0.1) is 5.52 Å². The van der Waals surface area contributed by atoms with Gasteiger partial charge in [-0.3, -0.25) is 0 Å². The summed E-state index contributed by atoms with van der Waals surface area (Å²) in [6.07, 6.45) is 3.27. The molecule has 2 aromatic heterocycles. The molecule has 6 nitrogen and oxygen atoms in total. The third-order valence-corrected chi connectivity index (χ3v) is 3.71. The number of aryl methyl sites for hydroxylation is 2. The Morgan fingerprint density at radius 1 is 1.32 bits per heavy atom. The summed E-state index contributed by atoms with van der Waals surface area (Å²) in [5.74, 6) is 0.367. The molecule has 0 amide bonds. The maximum atomic E-state index is 11.9. The first-order chi connectivity index (χ1) is 9.26. The molecule has 0 bridgehead atoms. The second-order valence-electron chi connectivity index (χ2n) is 4.88. The molecule has 0 aliphatic heterocycles. The molecule has 0 saturated carbocycles. The minimum Gasteiger partial charge on any atom is -0.388 e. The van der Waals surface area contributed by atoms with Gasteiger partial charge >= 0.3 is 5.69 Å². The molecule has 0 radical (unpaired) electrons. The van der Waals surface area contributed by atoms with Crippen LogP contribution in [-0.2, 0) is 19.4 Å². The van der Waals surface area contributed by atoms with Gasteiger partial charge in [0.2, 0.25) is 0 Å². The van der Waals surface area contributed by atoms with Crippen LogP contribution in [0.15, 0.2) is 16.9 Å². The molecule has 1 aliphatic carbocycles. The van der Waals surface area contributed by atoms with Crippen molar-refractivity contribution in [2.24, 2.45) is 0 Å². The van der Waals surface area contributed by atoms with Gasteiger partial charge in [-0.1, -0.05) is 0 Å². The van der Waals surface area contributed by atoms with E-state index in [2.05, 4.69) is 21.1 Å². The zero-order valence-electron chi connectivity index (χ0n) is 10.2. The summed E-state index contributed by atoms with van der Waals surface area (Å²) in [7, 11) is 0. The number of nitrogens with zero attached hydrogens (tertiary/aromatic N) is 3. The highest BCUT2D eigenvalue weighted by Crippen LogP contribution is 2.27. The number of hydrogen-bond donors (Lipinski definition) is 2. The molecular formula is C13H12N4O2. The van der Waals surface area contributed by atoms with Crippen molar-refractivity contribution in [1.29, 1.82) is 0 Å². The maximum Gasteiger partial charge on any atom is 0.370 e. The van der Waals surface area contributed by atoms with Gasteiger partial charge in [-0.25, -0.2) is 4.79 Å². The van der Waals surface area contributed by atoms with Crippen LogP contribution in [0.1, 0.15) is 23.4 Å². The molecule has 0 saturated heterocycles. The lowest BCUT2D eigenvalue weighted by Gasteiger charge is -2.03. The van der Waals surface area contributed by atoms with Gasteiger partial charge in [-0.2, -0.15) is 9.50 Å². The first-order valence-electron chi connectivity index (χ1n) is 6.30. The monoisotopic (exact) mass is 256 g/mol. The third-order valence-electron chi connectivity index (χ3n) is 3.71. The fourth-order valence-electron chi connectivity index (χ4n) is 2.82. The quantitative estimate of drug-likeness (QED) is 0.666. The smallest absolute Gasteiger partial charge is 0.370 e. The van der Waals surface area contributed by atoms with E-state index in [1.807, 2.05) is 6.07 Å². The maximum absolute atomic E-state index is 11.9. The van der Waals surface area contributed by atoms with Crippen LogP contribution >= 0.6 is 0 Å². The molecule has 6 heteroatoms. The van der Waals surface area contributed by atoms with Crippen molar-refractivity contribution < 1.29 is 5.11 Å². The summed E-state index contributed by atoms with van der Waals surface area (Å²) in [4.78, 5) is 19.0. The number of aromatic nitrogens is 4. The van der Waals surface area contributed by atoms with E-state index in [-0.39, 0.29) is 6.61 Å². The number of aromatic amines is 1. The highest BCUT2D eigenvalue weighted by molar-refractivity contribution is 5.92. The number of rotatable bonds is 1. The lowest BCUT2D eigenvalue weighted by atomic mass is 10.1. The molecule has 1 aromatic carbocycles. The van der Waals surface area contributed by atoms with Gasteiger partial charge in [0.1, 0.15) is 12.3 Å². The molecule has 0 atom stereocenters. The number of nitrogens with one attached hydrogen (secondary N) is 1. The highest BCUT2D eigenvalue weighted by atomic mass is 16.3. The van der Waals surface area contributed by atoms with Gasteiger partial charge in [-0.15, -0.1) is 5.10 Å². The van der Waals surface area contributed by atoms with E-state index in [4.69, 9.17) is 5.11 Å². The van der Waals surface area contributed by atoms with E-state index in [1.54, 1.807) is 0 Å². The Balaban J connectivity index is 2.17. The molecule has 3 aromatic rings. The largest absolute Gasteiger partial charge is 0.388 e. The first kappa shape index (κ1) is 10.7. The van der Waals surface area contributed by atoms with Crippen LogP contribution in [-0.4, -0.2) is 24.7 Å². The van der Waals surface area contributed by atoms with Gasteiger partial charge in [-0.05, 0) is 42.5 Å².